The van der Waals surface area contributed by atoms with Gasteiger partial charge in [0.1, 0.15) is 5.75 Å². The molecule has 0 radical (unpaired) electrons. The fourth-order valence-electron chi connectivity index (χ4n) is 4.34. The molecule has 2 heterocycles. The first-order valence-corrected chi connectivity index (χ1v) is 11.1. The highest BCUT2D eigenvalue weighted by atomic mass is 35.5. The highest BCUT2D eigenvalue weighted by Crippen LogP contribution is 2.45. The fourth-order valence-corrected chi connectivity index (χ4v) is 4.58. The van der Waals surface area contributed by atoms with E-state index in [2.05, 4.69) is 43.1 Å². The Morgan fingerprint density at radius 2 is 2.07 bits per heavy atom. The SMILES string of the molecule is CC1(C(=O)NCC2CCCN(Cc3cc(Cl)cc4c3OCC4(C)C)C2)CC1.O=CO. The summed E-state index contributed by atoms with van der Waals surface area (Å²) in [6.45, 7) is 10.7. The van der Waals surface area contributed by atoms with Gasteiger partial charge in [-0.15, -0.1) is 0 Å². The molecule has 1 aromatic carbocycles. The number of carbonyl (C=O) groups excluding carboxylic acids is 1. The lowest BCUT2D eigenvalue weighted by Crippen LogP contribution is -2.42. The van der Waals surface area contributed by atoms with Crippen molar-refractivity contribution in [2.24, 2.45) is 11.3 Å². The van der Waals surface area contributed by atoms with E-state index in [1.165, 1.54) is 24.0 Å². The third-order valence-corrected chi connectivity index (χ3v) is 6.75. The molecular formula is C23H33ClN2O4. The topological polar surface area (TPSA) is 78.9 Å². The zero-order chi connectivity index (χ0) is 21.9. The molecule has 0 spiro atoms. The Kier molecular flexibility index (Phi) is 6.98. The molecule has 2 N–H and O–H groups in total. The van der Waals surface area contributed by atoms with Crippen LogP contribution in [0.3, 0.4) is 0 Å². The molecule has 1 unspecified atom stereocenters. The number of nitrogens with zero attached hydrogens (tertiary/aromatic N) is 1. The fraction of sp³-hybridized carbons (Fsp3) is 0.652. The molecule has 1 saturated carbocycles. The molecule has 1 saturated heterocycles. The summed E-state index contributed by atoms with van der Waals surface area (Å²) < 4.78 is 6.05. The minimum atomic E-state index is -0.250. The Balaban J connectivity index is 0.000000806. The molecule has 3 aliphatic rings. The van der Waals surface area contributed by atoms with E-state index >= 15 is 0 Å². The first-order chi connectivity index (χ1) is 14.2. The van der Waals surface area contributed by atoms with Crippen molar-refractivity contribution in [3.8, 4) is 5.75 Å². The summed E-state index contributed by atoms with van der Waals surface area (Å²) in [5.74, 6) is 1.79. The minimum absolute atomic E-state index is 0.0165. The molecule has 1 aromatic rings. The third kappa shape index (κ3) is 5.27. The van der Waals surface area contributed by atoms with E-state index in [1.54, 1.807) is 0 Å². The van der Waals surface area contributed by atoms with Crippen LogP contribution in [-0.4, -0.2) is 48.6 Å². The Morgan fingerprint density at radius 3 is 2.73 bits per heavy atom. The summed E-state index contributed by atoms with van der Waals surface area (Å²) in [6, 6.07) is 4.11. The van der Waals surface area contributed by atoms with Crippen molar-refractivity contribution in [3.05, 3.63) is 28.3 Å². The Labute approximate surface area is 183 Å². The average molecular weight is 437 g/mol. The molecule has 1 aliphatic carbocycles. The molecule has 6 nitrogen and oxygen atoms in total. The number of ether oxygens (including phenoxy) is 1. The maximum atomic E-state index is 12.2. The molecule has 0 bridgehead atoms. The van der Waals surface area contributed by atoms with Gasteiger partial charge < -0.3 is 15.2 Å². The largest absolute Gasteiger partial charge is 0.492 e. The van der Waals surface area contributed by atoms with E-state index in [9.17, 15) is 4.79 Å². The zero-order valence-electron chi connectivity index (χ0n) is 18.2. The van der Waals surface area contributed by atoms with Crippen molar-refractivity contribution in [3.63, 3.8) is 0 Å². The number of piperidine rings is 1. The Morgan fingerprint density at radius 1 is 1.37 bits per heavy atom. The number of halogens is 1. The first-order valence-electron chi connectivity index (χ1n) is 10.7. The number of fused-ring (bicyclic) bond motifs is 1. The first kappa shape index (κ1) is 22.9. The number of likely N-dealkylation sites (tertiary alicyclic amines) is 1. The highest BCUT2D eigenvalue weighted by molar-refractivity contribution is 6.30. The second kappa shape index (κ2) is 9.15. The van der Waals surface area contributed by atoms with Crippen molar-refractivity contribution in [1.29, 1.82) is 0 Å². The quantitative estimate of drug-likeness (QED) is 0.685. The van der Waals surface area contributed by atoms with Gasteiger partial charge in [0.15, 0.2) is 0 Å². The van der Waals surface area contributed by atoms with Crippen molar-refractivity contribution >= 4 is 24.0 Å². The van der Waals surface area contributed by atoms with Gasteiger partial charge >= 0.3 is 0 Å². The zero-order valence-corrected chi connectivity index (χ0v) is 18.9. The number of carbonyl (C=O) groups is 2. The molecule has 166 valence electrons. The lowest BCUT2D eigenvalue weighted by atomic mass is 9.86. The van der Waals surface area contributed by atoms with Crippen molar-refractivity contribution < 1.29 is 19.4 Å². The van der Waals surface area contributed by atoms with Crippen LogP contribution in [0.4, 0.5) is 0 Å². The highest BCUT2D eigenvalue weighted by Gasteiger charge is 2.44. The normalized spacial score (nSPS) is 23.4. The van der Waals surface area contributed by atoms with Gasteiger partial charge in [-0.05, 0) is 50.3 Å². The summed E-state index contributed by atoms with van der Waals surface area (Å²) in [7, 11) is 0. The van der Waals surface area contributed by atoms with Crippen LogP contribution in [-0.2, 0) is 21.5 Å². The average Bonchev–Trinajstić information content (AvgIpc) is 3.37. The lowest BCUT2D eigenvalue weighted by Gasteiger charge is -2.33. The van der Waals surface area contributed by atoms with E-state index in [0.29, 0.717) is 12.5 Å². The minimum Gasteiger partial charge on any atom is -0.492 e. The monoisotopic (exact) mass is 436 g/mol. The summed E-state index contributed by atoms with van der Waals surface area (Å²) in [6.07, 6.45) is 4.43. The second-order valence-electron chi connectivity index (χ2n) is 9.73. The van der Waals surface area contributed by atoms with Gasteiger partial charge in [0, 0.05) is 46.6 Å². The Bertz CT molecular complexity index is 792. The molecule has 1 atom stereocenters. The van der Waals surface area contributed by atoms with E-state index in [0.717, 1.165) is 49.8 Å². The molecule has 1 amide bonds. The van der Waals surface area contributed by atoms with Crippen molar-refractivity contribution in [1.82, 2.24) is 10.2 Å². The number of benzene rings is 1. The van der Waals surface area contributed by atoms with E-state index < -0.39 is 0 Å². The standard InChI is InChI=1S/C22H31ClN2O2.CH2O2/c1-21(2)14-27-19-16(9-17(23)10-18(19)21)13-25-8-4-5-15(12-25)11-24-20(26)22(3)6-7-22;2-1-3/h9-10,15H,4-8,11-14H2,1-3H3,(H,24,26);1H,(H,2,3). The summed E-state index contributed by atoms with van der Waals surface area (Å²) >= 11 is 6.41. The van der Waals surface area contributed by atoms with Crippen LogP contribution in [0.1, 0.15) is 57.6 Å². The third-order valence-electron chi connectivity index (χ3n) is 6.53. The van der Waals surface area contributed by atoms with Crippen LogP contribution in [0.5, 0.6) is 5.75 Å². The smallest absolute Gasteiger partial charge is 0.290 e. The maximum Gasteiger partial charge on any atom is 0.290 e. The molecule has 2 fully saturated rings. The van der Waals surface area contributed by atoms with Gasteiger partial charge in [-0.25, -0.2) is 0 Å². The maximum absolute atomic E-state index is 12.2. The number of hydrogen-bond donors (Lipinski definition) is 2. The van der Waals surface area contributed by atoms with Gasteiger partial charge in [0.2, 0.25) is 5.91 Å². The number of rotatable bonds is 5. The van der Waals surface area contributed by atoms with E-state index in [4.69, 9.17) is 26.2 Å². The number of carboxylic acid groups (broad SMARTS) is 1. The predicted octanol–water partition coefficient (Wildman–Crippen LogP) is 3.84. The van der Waals surface area contributed by atoms with Crippen molar-refractivity contribution in [2.45, 2.75) is 58.4 Å². The van der Waals surface area contributed by atoms with Gasteiger partial charge in [0.25, 0.3) is 6.47 Å². The Hall–Kier alpha value is -1.79. The van der Waals surface area contributed by atoms with Gasteiger partial charge in [-0.2, -0.15) is 0 Å². The van der Waals surface area contributed by atoms with Crippen LogP contribution < -0.4 is 10.1 Å². The predicted molar refractivity (Wildman–Crippen MR) is 117 cm³/mol. The summed E-state index contributed by atoms with van der Waals surface area (Å²) in [4.78, 5) is 23.1. The van der Waals surface area contributed by atoms with Crippen LogP contribution >= 0.6 is 11.6 Å². The van der Waals surface area contributed by atoms with Gasteiger partial charge in [-0.1, -0.05) is 32.4 Å². The molecule has 2 aliphatic heterocycles. The second-order valence-corrected chi connectivity index (χ2v) is 10.2. The van der Waals surface area contributed by atoms with Crippen LogP contribution in [0.25, 0.3) is 0 Å². The summed E-state index contributed by atoms with van der Waals surface area (Å²) in [5.41, 5.74) is 2.35. The molecule has 0 aromatic heterocycles. The lowest BCUT2D eigenvalue weighted by molar-refractivity contribution is -0.126. The molecule has 7 heteroatoms. The van der Waals surface area contributed by atoms with E-state index in [-0.39, 0.29) is 23.2 Å². The molecular weight excluding hydrogens is 404 g/mol. The van der Waals surface area contributed by atoms with Crippen molar-refractivity contribution in [2.75, 3.05) is 26.2 Å². The van der Waals surface area contributed by atoms with Crippen LogP contribution in [0.2, 0.25) is 5.02 Å². The number of nitrogens with one attached hydrogen (secondary N) is 1. The molecule has 4 rings (SSSR count). The summed E-state index contributed by atoms with van der Waals surface area (Å²) in [5, 5.41) is 10.9. The van der Waals surface area contributed by atoms with Gasteiger partial charge in [0.05, 0.1) is 6.61 Å². The van der Waals surface area contributed by atoms with E-state index in [1.807, 2.05) is 0 Å². The number of hydrogen-bond acceptors (Lipinski definition) is 4. The van der Waals surface area contributed by atoms with Crippen LogP contribution in [0.15, 0.2) is 12.1 Å². The van der Waals surface area contributed by atoms with Crippen LogP contribution in [0, 0.1) is 11.3 Å². The number of amides is 1. The van der Waals surface area contributed by atoms with Gasteiger partial charge in [-0.3, -0.25) is 14.5 Å². The molecule has 30 heavy (non-hydrogen) atoms.